The van der Waals surface area contributed by atoms with E-state index < -0.39 is 5.54 Å². The Balaban J connectivity index is 2.75. The zero-order valence-corrected chi connectivity index (χ0v) is 12.8. The van der Waals surface area contributed by atoms with Gasteiger partial charge in [0.1, 0.15) is 5.54 Å². The lowest BCUT2D eigenvalue weighted by molar-refractivity contribution is -0.156. The van der Waals surface area contributed by atoms with Crippen molar-refractivity contribution in [2.75, 3.05) is 19.8 Å². The largest absolute Gasteiger partial charge is 0.465 e. The molecule has 4 heteroatoms. The number of hydrogen-bond donors (Lipinski definition) is 1. The summed E-state index contributed by atoms with van der Waals surface area (Å²) in [5.41, 5.74) is -0.630. The fourth-order valence-corrected chi connectivity index (χ4v) is 2.19. The topological polar surface area (TPSA) is 47.6 Å². The van der Waals surface area contributed by atoms with E-state index in [4.69, 9.17) is 9.47 Å². The van der Waals surface area contributed by atoms with Crippen LogP contribution in [0.4, 0.5) is 0 Å². The van der Waals surface area contributed by atoms with Gasteiger partial charge in [0.2, 0.25) is 0 Å². The molecule has 0 saturated heterocycles. The highest BCUT2D eigenvalue weighted by Gasteiger charge is 2.52. The van der Waals surface area contributed by atoms with E-state index >= 15 is 0 Å². The zero-order valence-electron chi connectivity index (χ0n) is 12.8. The van der Waals surface area contributed by atoms with Gasteiger partial charge in [-0.3, -0.25) is 5.32 Å². The maximum Gasteiger partial charge on any atom is 0.329 e. The summed E-state index contributed by atoms with van der Waals surface area (Å²) in [7, 11) is 0. The normalized spacial score (nSPS) is 19.8. The van der Waals surface area contributed by atoms with E-state index in [0.29, 0.717) is 19.1 Å². The van der Waals surface area contributed by atoms with Crippen LogP contribution in [-0.4, -0.2) is 37.4 Å². The van der Waals surface area contributed by atoms with Crippen molar-refractivity contribution in [1.29, 1.82) is 0 Å². The summed E-state index contributed by atoms with van der Waals surface area (Å²) in [6, 6.07) is 0. The molecule has 0 aromatic heterocycles. The lowest BCUT2D eigenvalue weighted by atomic mass is 9.93. The molecule has 0 aromatic rings. The molecule has 4 nitrogen and oxygen atoms in total. The Kier molecular flexibility index (Phi) is 6.80. The molecule has 1 N–H and O–H groups in total. The van der Waals surface area contributed by atoms with Crippen LogP contribution in [0.3, 0.4) is 0 Å². The van der Waals surface area contributed by atoms with Gasteiger partial charge >= 0.3 is 5.97 Å². The fraction of sp³-hybridized carbons (Fsp3) is 0.933. The van der Waals surface area contributed by atoms with Crippen LogP contribution >= 0.6 is 0 Å². The molecule has 1 saturated carbocycles. The maximum atomic E-state index is 12.4. The third-order valence-electron chi connectivity index (χ3n) is 3.77. The Morgan fingerprint density at radius 1 is 1.37 bits per heavy atom. The standard InChI is InChI=1S/C15H29NO3/c1-5-10-16-15(13-8-9-13,14(17)18-7-3)11-19-12(4)6-2/h12-13,16H,5-11H2,1-4H3. The molecule has 0 spiro atoms. The lowest BCUT2D eigenvalue weighted by Crippen LogP contribution is -2.58. The van der Waals surface area contributed by atoms with Crippen molar-refractivity contribution in [3.05, 3.63) is 0 Å². The molecule has 2 unspecified atom stereocenters. The lowest BCUT2D eigenvalue weighted by Gasteiger charge is -2.33. The van der Waals surface area contributed by atoms with E-state index in [1.165, 1.54) is 0 Å². The van der Waals surface area contributed by atoms with Crippen molar-refractivity contribution >= 4 is 5.97 Å². The second kappa shape index (κ2) is 7.85. The van der Waals surface area contributed by atoms with Crippen molar-refractivity contribution in [2.24, 2.45) is 5.92 Å². The third kappa shape index (κ3) is 4.46. The van der Waals surface area contributed by atoms with Crippen molar-refractivity contribution in [3.8, 4) is 0 Å². The molecule has 2 atom stereocenters. The molecule has 0 bridgehead atoms. The summed E-state index contributed by atoms with van der Waals surface area (Å²) in [6.45, 7) is 9.75. The molecular weight excluding hydrogens is 242 g/mol. The highest BCUT2D eigenvalue weighted by molar-refractivity contribution is 5.82. The minimum absolute atomic E-state index is 0.144. The number of esters is 1. The minimum atomic E-state index is -0.630. The van der Waals surface area contributed by atoms with Crippen LogP contribution in [0.25, 0.3) is 0 Å². The number of carbonyl (C=O) groups excluding carboxylic acids is 1. The van der Waals surface area contributed by atoms with Gasteiger partial charge < -0.3 is 9.47 Å². The number of rotatable bonds is 10. The predicted molar refractivity (Wildman–Crippen MR) is 76.1 cm³/mol. The van der Waals surface area contributed by atoms with Crippen LogP contribution in [0.5, 0.6) is 0 Å². The fourth-order valence-electron chi connectivity index (χ4n) is 2.19. The quantitative estimate of drug-likeness (QED) is 0.620. The van der Waals surface area contributed by atoms with Gasteiger partial charge in [0.15, 0.2) is 0 Å². The Labute approximate surface area is 117 Å². The Morgan fingerprint density at radius 2 is 2.05 bits per heavy atom. The molecule has 19 heavy (non-hydrogen) atoms. The summed E-state index contributed by atoms with van der Waals surface area (Å²) in [5.74, 6) is 0.219. The van der Waals surface area contributed by atoms with E-state index in [9.17, 15) is 4.79 Å². The first kappa shape index (κ1) is 16.4. The molecule has 0 heterocycles. The average molecular weight is 271 g/mol. The molecule has 112 valence electrons. The molecule has 0 amide bonds. The van der Waals surface area contributed by atoms with Gasteiger partial charge in [-0.15, -0.1) is 0 Å². The summed E-state index contributed by atoms with van der Waals surface area (Å²) in [4.78, 5) is 12.4. The Morgan fingerprint density at radius 3 is 2.53 bits per heavy atom. The molecule has 1 aliphatic rings. The first-order valence-electron chi connectivity index (χ1n) is 7.64. The predicted octanol–water partition coefficient (Wildman–Crippen LogP) is 2.51. The van der Waals surface area contributed by atoms with Crippen LogP contribution in [0.15, 0.2) is 0 Å². The van der Waals surface area contributed by atoms with Crippen LogP contribution < -0.4 is 5.32 Å². The van der Waals surface area contributed by atoms with Crippen LogP contribution in [-0.2, 0) is 14.3 Å². The molecule has 1 fully saturated rings. The summed E-state index contributed by atoms with van der Waals surface area (Å²) >= 11 is 0. The highest BCUT2D eigenvalue weighted by atomic mass is 16.5. The molecule has 1 aliphatic carbocycles. The Bertz CT molecular complexity index is 279. The zero-order chi connectivity index (χ0) is 14.3. The summed E-state index contributed by atoms with van der Waals surface area (Å²) in [5, 5.41) is 3.41. The number of hydrogen-bond acceptors (Lipinski definition) is 4. The van der Waals surface area contributed by atoms with Gasteiger partial charge in [0.25, 0.3) is 0 Å². The van der Waals surface area contributed by atoms with Crippen molar-refractivity contribution in [3.63, 3.8) is 0 Å². The molecule has 0 radical (unpaired) electrons. The molecule has 0 aromatic carbocycles. The van der Waals surface area contributed by atoms with Crippen LogP contribution in [0.1, 0.15) is 53.4 Å². The van der Waals surface area contributed by atoms with Gasteiger partial charge in [0.05, 0.1) is 19.3 Å². The number of carbonyl (C=O) groups is 1. The molecule has 1 rings (SSSR count). The Hall–Kier alpha value is -0.610. The van der Waals surface area contributed by atoms with Gasteiger partial charge in [-0.25, -0.2) is 4.79 Å². The van der Waals surface area contributed by atoms with Gasteiger partial charge in [-0.2, -0.15) is 0 Å². The molecule has 0 aliphatic heterocycles. The van der Waals surface area contributed by atoms with Gasteiger partial charge in [-0.05, 0) is 52.0 Å². The number of nitrogens with one attached hydrogen (secondary N) is 1. The summed E-state index contributed by atoms with van der Waals surface area (Å²) in [6.07, 6.45) is 4.30. The van der Waals surface area contributed by atoms with Gasteiger partial charge in [-0.1, -0.05) is 13.8 Å². The maximum absolute atomic E-state index is 12.4. The van der Waals surface area contributed by atoms with E-state index in [-0.39, 0.29) is 12.1 Å². The highest BCUT2D eigenvalue weighted by Crippen LogP contribution is 2.41. The smallest absolute Gasteiger partial charge is 0.329 e. The molecular formula is C15H29NO3. The van der Waals surface area contributed by atoms with Crippen molar-refractivity contribution < 1.29 is 14.3 Å². The van der Waals surface area contributed by atoms with Crippen LogP contribution in [0.2, 0.25) is 0 Å². The minimum Gasteiger partial charge on any atom is -0.465 e. The SMILES string of the molecule is CCCNC(COC(C)CC)(C(=O)OCC)C1CC1. The summed E-state index contributed by atoms with van der Waals surface area (Å²) < 4.78 is 11.1. The van der Waals surface area contributed by atoms with E-state index in [2.05, 4.69) is 19.2 Å². The first-order valence-corrected chi connectivity index (χ1v) is 7.64. The first-order chi connectivity index (χ1) is 9.10. The van der Waals surface area contributed by atoms with E-state index in [1.54, 1.807) is 0 Å². The monoisotopic (exact) mass is 271 g/mol. The van der Waals surface area contributed by atoms with E-state index in [0.717, 1.165) is 32.2 Å². The van der Waals surface area contributed by atoms with Crippen molar-refractivity contribution in [2.45, 2.75) is 65.0 Å². The third-order valence-corrected chi connectivity index (χ3v) is 3.77. The van der Waals surface area contributed by atoms with Crippen molar-refractivity contribution in [1.82, 2.24) is 5.32 Å². The average Bonchev–Trinajstić information content (AvgIpc) is 3.24. The number of ether oxygens (including phenoxy) is 2. The second-order valence-electron chi connectivity index (χ2n) is 5.42. The second-order valence-corrected chi connectivity index (χ2v) is 5.42. The van der Waals surface area contributed by atoms with Crippen LogP contribution in [0, 0.1) is 5.92 Å². The van der Waals surface area contributed by atoms with Gasteiger partial charge in [0, 0.05) is 0 Å². The van der Waals surface area contributed by atoms with E-state index in [1.807, 2.05) is 13.8 Å².